The molecular formula is C19H38N4O5S. The molecule has 7 N–H and O–H groups in total. The minimum absolute atomic E-state index is 0.00363. The standard InChI is InChI=1S/C19H38N4O5S/c1-5-11(3)15(21-9-13(20)10-29)17(25)23-16(12(4)6-2)18(26)22-14(7-8-24)19(27)28/h11-16,21,24,29H,5-10,20H2,1-4H3,(H,22,26)(H,23,25)(H,27,28)/t11?,12?,13-,14+,15+,16+/m1/s1. The van der Waals surface area contributed by atoms with Crippen LogP contribution in [0.3, 0.4) is 0 Å². The lowest BCUT2D eigenvalue weighted by Crippen LogP contribution is -2.59. The Balaban J connectivity index is 5.36. The van der Waals surface area contributed by atoms with Gasteiger partial charge in [-0.15, -0.1) is 0 Å². The Bertz CT molecular complexity index is 523. The van der Waals surface area contributed by atoms with Crippen molar-refractivity contribution in [1.82, 2.24) is 16.0 Å². The zero-order valence-corrected chi connectivity index (χ0v) is 18.7. The second-order valence-electron chi connectivity index (χ2n) is 7.50. The summed E-state index contributed by atoms with van der Waals surface area (Å²) in [6.07, 6.45) is 1.25. The average molecular weight is 435 g/mol. The molecule has 0 bridgehead atoms. The molecule has 0 fully saturated rings. The number of carboxylic acid groups (broad SMARTS) is 1. The molecule has 0 rings (SSSR count). The number of aliphatic carboxylic acids is 1. The number of hydrogen-bond acceptors (Lipinski definition) is 7. The Morgan fingerprint density at radius 1 is 1.00 bits per heavy atom. The van der Waals surface area contributed by atoms with Crippen molar-refractivity contribution in [3.8, 4) is 0 Å². The molecule has 2 unspecified atom stereocenters. The summed E-state index contributed by atoms with van der Waals surface area (Å²) in [5.74, 6) is -1.88. The highest BCUT2D eigenvalue weighted by molar-refractivity contribution is 7.80. The van der Waals surface area contributed by atoms with E-state index in [1.807, 2.05) is 27.7 Å². The van der Waals surface area contributed by atoms with E-state index in [1.54, 1.807) is 0 Å². The summed E-state index contributed by atoms with van der Waals surface area (Å²) in [4.78, 5) is 37.0. The molecule has 170 valence electrons. The first-order valence-electron chi connectivity index (χ1n) is 10.2. The van der Waals surface area contributed by atoms with Gasteiger partial charge in [0, 0.05) is 31.4 Å². The monoisotopic (exact) mass is 434 g/mol. The second kappa shape index (κ2) is 14.6. The molecule has 0 aliphatic heterocycles. The van der Waals surface area contributed by atoms with Crippen molar-refractivity contribution < 1.29 is 24.6 Å². The van der Waals surface area contributed by atoms with Crippen LogP contribution in [-0.2, 0) is 14.4 Å². The van der Waals surface area contributed by atoms with Crippen LogP contribution in [-0.4, -0.2) is 71.1 Å². The molecule has 0 saturated carbocycles. The fourth-order valence-electron chi connectivity index (χ4n) is 2.72. The number of nitrogens with two attached hydrogens (primary N) is 1. The lowest BCUT2D eigenvalue weighted by Gasteiger charge is -2.30. The normalized spacial score (nSPS) is 17.5. The van der Waals surface area contributed by atoms with Crippen molar-refractivity contribution in [3.05, 3.63) is 0 Å². The maximum absolute atomic E-state index is 13.0. The van der Waals surface area contributed by atoms with Gasteiger partial charge in [0.1, 0.15) is 12.1 Å². The van der Waals surface area contributed by atoms with Crippen LogP contribution in [0, 0.1) is 11.8 Å². The second-order valence-corrected chi connectivity index (χ2v) is 7.86. The number of aliphatic hydroxyl groups excluding tert-OH is 1. The third-order valence-corrected chi connectivity index (χ3v) is 5.62. The number of carbonyl (C=O) groups is 3. The zero-order chi connectivity index (χ0) is 22.6. The van der Waals surface area contributed by atoms with Gasteiger partial charge in [0.05, 0.1) is 6.04 Å². The van der Waals surface area contributed by atoms with E-state index in [0.717, 1.165) is 6.42 Å². The Hall–Kier alpha value is -1.36. The number of carboxylic acids is 1. The summed E-state index contributed by atoms with van der Waals surface area (Å²) in [7, 11) is 0. The van der Waals surface area contributed by atoms with Crippen LogP contribution in [0.25, 0.3) is 0 Å². The number of amides is 2. The van der Waals surface area contributed by atoms with Crippen molar-refractivity contribution in [2.75, 3.05) is 18.9 Å². The molecule has 0 saturated heterocycles. The molecule has 2 amide bonds. The number of hydrogen-bond donors (Lipinski definition) is 7. The smallest absolute Gasteiger partial charge is 0.326 e. The zero-order valence-electron chi connectivity index (χ0n) is 17.9. The van der Waals surface area contributed by atoms with Crippen LogP contribution < -0.4 is 21.7 Å². The lowest BCUT2D eigenvalue weighted by molar-refractivity contribution is -0.143. The first-order chi connectivity index (χ1) is 13.6. The van der Waals surface area contributed by atoms with Crippen molar-refractivity contribution in [2.45, 2.75) is 71.1 Å². The molecule has 10 heteroatoms. The van der Waals surface area contributed by atoms with Gasteiger partial charge in [0.15, 0.2) is 0 Å². The van der Waals surface area contributed by atoms with Crippen molar-refractivity contribution in [1.29, 1.82) is 0 Å². The number of nitrogens with one attached hydrogen (secondary N) is 3. The van der Waals surface area contributed by atoms with Crippen molar-refractivity contribution in [2.24, 2.45) is 17.6 Å². The Kier molecular flexibility index (Phi) is 13.9. The van der Waals surface area contributed by atoms with Gasteiger partial charge in [-0.05, 0) is 11.8 Å². The first-order valence-corrected chi connectivity index (χ1v) is 10.8. The Morgan fingerprint density at radius 3 is 1.97 bits per heavy atom. The number of thiol groups is 1. The molecule has 29 heavy (non-hydrogen) atoms. The van der Waals surface area contributed by atoms with Gasteiger partial charge in [-0.3, -0.25) is 9.59 Å². The van der Waals surface area contributed by atoms with Gasteiger partial charge < -0.3 is 31.9 Å². The summed E-state index contributed by atoms with van der Waals surface area (Å²) < 4.78 is 0. The molecule has 0 aromatic rings. The van der Waals surface area contributed by atoms with E-state index in [2.05, 4.69) is 28.6 Å². The molecule has 6 atom stereocenters. The highest BCUT2D eigenvalue weighted by Gasteiger charge is 2.32. The van der Waals surface area contributed by atoms with E-state index >= 15 is 0 Å². The predicted octanol–water partition coefficient (Wildman–Crippen LogP) is -0.269. The van der Waals surface area contributed by atoms with E-state index < -0.39 is 30.0 Å². The summed E-state index contributed by atoms with van der Waals surface area (Å²) in [6, 6.07) is -2.85. The van der Waals surface area contributed by atoms with Crippen LogP contribution in [0.15, 0.2) is 0 Å². The average Bonchev–Trinajstić information content (AvgIpc) is 2.70. The summed E-state index contributed by atoms with van der Waals surface area (Å²) in [6.45, 7) is 7.64. The summed E-state index contributed by atoms with van der Waals surface area (Å²) >= 11 is 4.15. The van der Waals surface area contributed by atoms with Gasteiger partial charge >= 0.3 is 5.97 Å². The topological polar surface area (TPSA) is 154 Å². The third kappa shape index (κ3) is 9.79. The van der Waals surface area contributed by atoms with Crippen LogP contribution in [0.2, 0.25) is 0 Å². The van der Waals surface area contributed by atoms with E-state index in [4.69, 9.17) is 10.8 Å². The fraction of sp³-hybridized carbons (Fsp3) is 0.842. The van der Waals surface area contributed by atoms with Crippen LogP contribution in [0.5, 0.6) is 0 Å². The molecule has 0 spiro atoms. The Morgan fingerprint density at radius 2 is 1.52 bits per heavy atom. The third-order valence-electron chi connectivity index (χ3n) is 5.16. The van der Waals surface area contributed by atoms with E-state index in [1.165, 1.54) is 0 Å². The highest BCUT2D eigenvalue weighted by Crippen LogP contribution is 2.12. The fourth-order valence-corrected chi connectivity index (χ4v) is 2.85. The van der Waals surface area contributed by atoms with Crippen molar-refractivity contribution >= 4 is 30.4 Å². The summed E-state index contributed by atoms with van der Waals surface area (Å²) in [5, 5.41) is 26.6. The number of aliphatic hydroxyl groups is 1. The molecule has 0 radical (unpaired) electrons. The SMILES string of the molecule is CCC(C)[C@H](NC[C@@H](N)CS)C(=O)N[C@H](C(=O)N[C@@H](CCO)C(=O)O)C(C)CC. The van der Waals surface area contributed by atoms with Gasteiger partial charge in [-0.25, -0.2) is 4.79 Å². The Labute approximate surface area is 179 Å². The maximum atomic E-state index is 13.0. The van der Waals surface area contributed by atoms with E-state index in [-0.39, 0.29) is 36.8 Å². The molecule has 0 aromatic carbocycles. The first kappa shape index (κ1) is 27.6. The van der Waals surface area contributed by atoms with Gasteiger partial charge in [-0.2, -0.15) is 12.6 Å². The number of carbonyl (C=O) groups excluding carboxylic acids is 2. The van der Waals surface area contributed by atoms with Gasteiger partial charge in [-0.1, -0.05) is 40.5 Å². The van der Waals surface area contributed by atoms with Crippen LogP contribution in [0.1, 0.15) is 47.0 Å². The molecular weight excluding hydrogens is 396 g/mol. The molecule has 0 aromatic heterocycles. The number of rotatable bonds is 15. The molecule has 9 nitrogen and oxygen atoms in total. The van der Waals surface area contributed by atoms with Gasteiger partial charge in [0.25, 0.3) is 0 Å². The molecule has 0 aliphatic rings. The van der Waals surface area contributed by atoms with E-state index in [9.17, 15) is 19.5 Å². The summed E-state index contributed by atoms with van der Waals surface area (Å²) in [5.41, 5.74) is 5.88. The van der Waals surface area contributed by atoms with Crippen LogP contribution in [0.4, 0.5) is 0 Å². The quantitative estimate of drug-likeness (QED) is 0.175. The minimum atomic E-state index is -1.23. The van der Waals surface area contributed by atoms with Crippen LogP contribution >= 0.6 is 12.6 Å². The van der Waals surface area contributed by atoms with Crippen molar-refractivity contribution in [3.63, 3.8) is 0 Å². The van der Waals surface area contributed by atoms with E-state index in [0.29, 0.717) is 18.7 Å². The highest BCUT2D eigenvalue weighted by atomic mass is 32.1. The molecule has 0 heterocycles. The largest absolute Gasteiger partial charge is 0.480 e. The lowest BCUT2D eigenvalue weighted by atomic mass is 9.94. The van der Waals surface area contributed by atoms with Gasteiger partial charge in [0.2, 0.25) is 11.8 Å². The minimum Gasteiger partial charge on any atom is -0.480 e. The molecule has 0 aliphatic carbocycles. The predicted molar refractivity (Wildman–Crippen MR) is 116 cm³/mol. The maximum Gasteiger partial charge on any atom is 0.326 e.